The molecule has 0 atom stereocenters. The number of aryl methyl sites for hydroxylation is 1. The maximum Gasteiger partial charge on any atom is 0.251 e. The third-order valence-corrected chi connectivity index (χ3v) is 3.83. The summed E-state index contributed by atoms with van der Waals surface area (Å²) in [5, 5.41) is 5.78. The number of hydrogen-bond donors (Lipinski definition) is 2. The molecule has 0 aliphatic carbocycles. The minimum absolute atomic E-state index is 0.0760. The third kappa shape index (κ3) is 6.07. The van der Waals surface area contributed by atoms with E-state index in [0.717, 1.165) is 12.8 Å². The van der Waals surface area contributed by atoms with E-state index in [1.807, 2.05) is 39.0 Å². The van der Waals surface area contributed by atoms with Crippen LogP contribution >= 0.6 is 0 Å². The summed E-state index contributed by atoms with van der Waals surface area (Å²) >= 11 is 0. The van der Waals surface area contributed by atoms with Crippen LogP contribution < -0.4 is 10.6 Å². The largest absolute Gasteiger partial charge is 0.352 e. The predicted octanol–water partition coefficient (Wildman–Crippen LogP) is 4.03. The van der Waals surface area contributed by atoms with Crippen LogP contribution in [0.1, 0.15) is 43.1 Å². The summed E-state index contributed by atoms with van der Waals surface area (Å²) in [5.41, 5.74) is 1.97. The Labute approximate surface area is 149 Å². The Bertz CT molecular complexity index is 718. The van der Waals surface area contributed by atoms with Crippen LogP contribution in [-0.4, -0.2) is 18.4 Å². The summed E-state index contributed by atoms with van der Waals surface area (Å²) in [6.45, 7) is 6.18. The fraction of sp³-hybridized carbons (Fsp3) is 0.333. The first-order valence-electron chi connectivity index (χ1n) is 8.60. The van der Waals surface area contributed by atoms with E-state index in [4.69, 9.17) is 0 Å². The summed E-state index contributed by atoms with van der Waals surface area (Å²) in [7, 11) is 0. The Morgan fingerprint density at radius 1 is 0.960 bits per heavy atom. The first-order chi connectivity index (χ1) is 11.9. The maximum atomic E-state index is 12.3. The molecule has 2 amide bonds. The average Bonchev–Trinajstić information content (AvgIpc) is 2.59. The van der Waals surface area contributed by atoms with Crippen molar-refractivity contribution >= 4 is 17.5 Å². The molecule has 0 aliphatic heterocycles. The van der Waals surface area contributed by atoms with Gasteiger partial charge in [0.25, 0.3) is 5.91 Å². The van der Waals surface area contributed by atoms with Crippen molar-refractivity contribution in [3.63, 3.8) is 0 Å². The van der Waals surface area contributed by atoms with Crippen LogP contribution in [-0.2, 0) is 11.2 Å². The number of anilines is 1. The molecule has 2 aromatic carbocycles. The van der Waals surface area contributed by atoms with Gasteiger partial charge in [-0.2, -0.15) is 0 Å². The van der Waals surface area contributed by atoms with Gasteiger partial charge in [-0.25, -0.2) is 0 Å². The van der Waals surface area contributed by atoms with E-state index >= 15 is 0 Å². The van der Waals surface area contributed by atoms with Gasteiger partial charge in [0.15, 0.2) is 0 Å². The second-order valence-corrected chi connectivity index (χ2v) is 7.13. The Morgan fingerprint density at radius 2 is 1.68 bits per heavy atom. The highest BCUT2D eigenvalue weighted by molar-refractivity contribution is 5.98. The van der Waals surface area contributed by atoms with E-state index < -0.39 is 5.41 Å². The van der Waals surface area contributed by atoms with Crippen LogP contribution in [0.2, 0.25) is 0 Å². The zero-order valence-corrected chi connectivity index (χ0v) is 15.1. The van der Waals surface area contributed by atoms with Crippen molar-refractivity contribution in [3.8, 4) is 0 Å². The standard InChI is InChI=1S/C21H26N2O2/c1-21(2,3)20(25)23-18-13-7-12-17(15-18)19(24)22-14-8-11-16-9-5-4-6-10-16/h4-7,9-10,12-13,15H,8,11,14H2,1-3H3,(H,22,24)(H,23,25). The fourth-order valence-electron chi connectivity index (χ4n) is 2.30. The monoisotopic (exact) mass is 338 g/mol. The molecule has 2 rings (SSSR count). The zero-order valence-electron chi connectivity index (χ0n) is 15.1. The first kappa shape index (κ1) is 18.7. The number of carbonyl (C=O) groups excluding carboxylic acids is 2. The first-order valence-corrected chi connectivity index (χ1v) is 8.60. The maximum absolute atomic E-state index is 12.3. The molecule has 2 aromatic rings. The molecule has 0 heterocycles. The summed E-state index contributed by atoms with van der Waals surface area (Å²) in [6, 6.07) is 17.2. The van der Waals surface area contributed by atoms with E-state index in [0.29, 0.717) is 17.8 Å². The zero-order chi connectivity index (χ0) is 18.3. The normalized spacial score (nSPS) is 11.0. The van der Waals surface area contributed by atoms with E-state index in [2.05, 4.69) is 22.8 Å². The molecular weight excluding hydrogens is 312 g/mol. The highest BCUT2D eigenvalue weighted by Crippen LogP contribution is 2.18. The van der Waals surface area contributed by atoms with Crippen molar-refractivity contribution in [3.05, 3.63) is 65.7 Å². The van der Waals surface area contributed by atoms with Gasteiger partial charge in [0.05, 0.1) is 0 Å². The summed E-state index contributed by atoms with van der Waals surface area (Å²) in [6.07, 6.45) is 1.82. The molecule has 0 bridgehead atoms. The number of amides is 2. The van der Waals surface area contributed by atoms with Crippen LogP contribution in [0.25, 0.3) is 0 Å². The SMILES string of the molecule is CC(C)(C)C(=O)Nc1cccc(C(=O)NCCCc2ccccc2)c1. The molecule has 4 nitrogen and oxygen atoms in total. The molecule has 0 saturated heterocycles. The molecule has 2 N–H and O–H groups in total. The molecule has 0 aliphatic rings. The van der Waals surface area contributed by atoms with Gasteiger partial charge in [0.2, 0.25) is 5.91 Å². The highest BCUT2D eigenvalue weighted by Gasteiger charge is 2.21. The van der Waals surface area contributed by atoms with Gasteiger partial charge in [-0.15, -0.1) is 0 Å². The van der Waals surface area contributed by atoms with Crippen LogP contribution in [0.4, 0.5) is 5.69 Å². The lowest BCUT2D eigenvalue weighted by atomic mass is 9.95. The Morgan fingerprint density at radius 3 is 2.36 bits per heavy atom. The predicted molar refractivity (Wildman–Crippen MR) is 102 cm³/mol. The van der Waals surface area contributed by atoms with Crippen molar-refractivity contribution in [1.82, 2.24) is 5.32 Å². The van der Waals surface area contributed by atoms with Crippen molar-refractivity contribution in [1.29, 1.82) is 0 Å². The number of hydrogen-bond acceptors (Lipinski definition) is 2. The van der Waals surface area contributed by atoms with Crippen LogP contribution in [0, 0.1) is 5.41 Å². The van der Waals surface area contributed by atoms with Gasteiger partial charge in [-0.05, 0) is 36.6 Å². The van der Waals surface area contributed by atoms with Crippen LogP contribution in [0.5, 0.6) is 0 Å². The molecule has 0 fully saturated rings. The number of benzene rings is 2. The number of rotatable bonds is 6. The number of nitrogens with one attached hydrogen (secondary N) is 2. The Kier molecular flexibility index (Phi) is 6.34. The van der Waals surface area contributed by atoms with E-state index in [1.165, 1.54) is 5.56 Å². The second kappa shape index (κ2) is 8.47. The number of carbonyl (C=O) groups is 2. The molecule has 0 saturated carbocycles. The molecule has 0 radical (unpaired) electrons. The van der Waals surface area contributed by atoms with Crippen molar-refractivity contribution in [2.24, 2.45) is 5.41 Å². The molecule has 132 valence electrons. The molecule has 4 heteroatoms. The molecule has 25 heavy (non-hydrogen) atoms. The Hall–Kier alpha value is -2.62. The summed E-state index contributed by atoms with van der Waals surface area (Å²) < 4.78 is 0. The minimum Gasteiger partial charge on any atom is -0.352 e. The van der Waals surface area contributed by atoms with Gasteiger partial charge in [-0.1, -0.05) is 57.2 Å². The van der Waals surface area contributed by atoms with E-state index in [-0.39, 0.29) is 11.8 Å². The van der Waals surface area contributed by atoms with Crippen molar-refractivity contribution in [2.45, 2.75) is 33.6 Å². The topological polar surface area (TPSA) is 58.2 Å². The van der Waals surface area contributed by atoms with Crippen LogP contribution in [0.15, 0.2) is 54.6 Å². The van der Waals surface area contributed by atoms with Gasteiger partial charge >= 0.3 is 0 Å². The molecule has 0 spiro atoms. The second-order valence-electron chi connectivity index (χ2n) is 7.13. The smallest absolute Gasteiger partial charge is 0.251 e. The third-order valence-electron chi connectivity index (χ3n) is 3.83. The van der Waals surface area contributed by atoms with E-state index in [1.54, 1.807) is 24.3 Å². The van der Waals surface area contributed by atoms with Gasteiger partial charge in [0, 0.05) is 23.2 Å². The highest BCUT2D eigenvalue weighted by atomic mass is 16.2. The van der Waals surface area contributed by atoms with Crippen molar-refractivity contribution < 1.29 is 9.59 Å². The lowest BCUT2D eigenvalue weighted by Gasteiger charge is -2.18. The molecule has 0 aromatic heterocycles. The fourth-order valence-corrected chi connectivity index (χ4v) is 2.30. The Balaban J connectivity index is 1.85. The lowest BCUT2D eigenvalue weighted by Crippen LogP contribution is -2.28. The van der Waals surface area contributed by atoms with Gasteiger partial charge in [-0.3, -0.25) is 9.59 Å². The molecular formula is C21H26N2O2. The van der Waals surface area contributed by atoms with Crippen molar-refractivity contribution in [2.75, 3.05) is 11.9 Å². The van der Waals surface area contributed by atoms with E-state index in [9.17, 15) is 9.59 Å². The van der Waals surface area contributed by atoms with Gasteiger partial charge < -0.3 is 10.6 Å². The average molecular weight is 338 g/mol. The van der Waals surface area contributed by atoms with Gasteiger partial charge in [0.1, 0.15) is 0 Å². The van der Waals surface area contributed by atoms with Crippen LogP contribution in [0.3, 0.4) is 0 Å². The summed E-state index contributed by atoms with van der Waals surface area (Å²) in [4.78, 5) is 24.3. The summed E-state index contributed by atoms with van der Waals surface area (Å²) in [5.74, 6) is -0.201. The molecule has 0 unspecified atom stereocenters. The lowest BCUT2D eigenvalue weighted by molar-refractivity contribution is -0.123. The quantitative estimate of drug-likeness (QED) is 0.781. The minimum atomic E-state index is -0.476.